The highest BCUT2D eigenvalue weighted by Crippen LogP contribution is 2.11. The van der Waals surface area contributed by atoms with E-state index in [4.69, 9.17) is 22.3 Å². The lowest BCUT2D eigenvalue weighted by atomic mass is 9.96. The van der Waals surface area contributed by atoms with Crippen molar-refractivity contribution in [1.29, 1.82) is 0 Å². The molecule has 200 valence electrons. The molecule has 5 atom stereocenters. The maximum absolute atomic E-state index is 13.0. The Morgan fingerprint density at radius 3 is 2.03 bits per heavy atom. The Kier molecular flexibility index (Phi) is 15.1. The van der Waals surface area contributed by atoms with Crippen LogP contribution in [0.25, 0.3) is 0 Å². The van der Waals surface area contributed by atoms with E-state index in [1.54, 1.807) is 13.8 Å². The minimum atomic E-state index is -1.45. The van der Waals surface area contributed by atoms with Crippen LogP contribution in [0.2, 0.25) is 0 Å². The number of aliphatic carboxylic acids is 2. The number of carbonyl (C=O) groups is 5. The van der Waals surface area contributed by atoms with E-state index >= 15 is 0 Å². The van der Waals surface area contributed by atoms with Crippen LogP contribution in [0.5, 0.6) is 0 Å². The molecule has 0 aliphatic heterocycles. The van der Waals surface area contributed by atoms with Gasteiger partial charge >= 0.3 is 11.9 Å². The van der Waals surface area contributed by atoms with Gasteiger partial charge in [-0.2, -0.15) is 12.6 Å². The standard InChI is InChI=1S/C20H37N7O7S/c1-3-10(2)15(18(32)26-13(19(33)34)6-7-14(28)29)27-17(31)12(5-4-8-24-20(22)23)25-16(30)11(21)9-35/h10-13,15,35H,3-9,21H2,1-2H3,(H,25,30)(H,26,32)(H,27,31)(H,28,29)(H,33,34)(H4,22,23,24). The molecule has 11 N–H and O–H groups in total. The number of carbonyl (C=O) groups excluding carboxylic acids is 3. The van der Waals surface area contributed by atoms with Crippen LogP contribution in [0.1, 0.15) is 46.0 Å². The average Bonchev–Trinajstić information content (AvgIpc) is 2.79. The van der Waals surface area contributed by atoms with E-state index in [1.165, 1.54) is 0 Å². The monoisotopic (exact) mass is 519 g/mol. The molecule has 0 aromatic carbocycles. The van der Waals surface area contributed by atoms with E-state index in [0.717, 1.165) is 0 Å². The molecule has 0 saturated heterocycles. The van der Waals surface area contributed by atoms with Crippen molar-refractivity contribution >= 4 is 48.2 Å². The number of nitrogens with one attached hydrogen (secondary N) is 3. The summed E-state index contributed by atoms with van der Waals surface area (Å²) in [6.45, 7) is 3.65. The van der Waals surface area contributed by atoms with Crippen molar-refractivity contribution in [2.45, 2.75) is 70.1 Å². The second-order valence-electron chi connectivity index (χ2n) is 8.00. The quantitative estimate of drug-likeness (QED) is 0.0431. The molecule has 0 heterocycles. The van der Waals surface area contributed by atoms with Crippen LogP contribution in [0.3, 0.4) is 0 Å². The summed E-state index contributed by atoms with van der Waals surface area (Å²) in [5.74, 6) is -5.21. The largest absolute Gasteiger partial charge is 0.481 e. The molecule has 14 nitrogen and oxygen atoms in total. The molecule has 0 radical (unpaired) electrons. The number of amides is 3. The van der Waals surface area contributed by atoms with Crippen molar-refractivity contribution in [3.63, 3.8) is 0 Å². The van der Waals surface area contributed by atoms with Crippen molar-refractivity contribution in [2.24, 2.45) is 28.1 Å². The lowest BCUT2D eigenvalue weighted by Crippen LogP contribution is -2.58. The number of guanidine groups is 1. The average molecular weight is 520 g/mol. The van der Waals surface area contributed by atoms with Gasteiger partial charge in [-0.05, 0) is 25.2 Å². The highest BCUT2D eigenvalue weighted by atomic mass is 32.1. The smallest absolute Gasteiger partial charge is 0.326 e. The van der Waals surface area contributed by atoms with Crippen molar-refractivity contribution in [1.82, 2.24) is 16.0 Å². The predicted octanol–water partition coefficient (Wildman–Crippen LogP) is -2.25. The molecule has 0 aromatic rings. The molecule has 0 saturated carbocycles. The molecule has 5 unspecified atom stereocenters. The number of aliphatic imine (C=N–C) groups is 1. The Balaban J connectivity index is 5.59. The molecule has 35 heavy (non-hydrogen) atoms. The Labute approximate surface area is 209 Å². The number of nitrogens with zero attached hydrogens (tertiary/aromatic N) is 1. The molecular formula is C20H37N7O7S. The first-order chi connectivity index (χ1) is 16.3. The van der Waals surface area contributed by atoms with Crippen molar-refractivity contribution < 1.29 is 34.2 Å². The van der Waals surface area contributed by atoms with Crippen molar-refractivity contribution in [2.75, 3.05) is 12.3 Å². The van der Waals surface area contributed by atoms with Gasteiger partial charge in [0, 0.05) is 18.7 Å². The van der Waals surface area contributed by atoms with Crippen molar-refractivity contribution in [3.8, 4) is 0 Å². The number of thiol groups is 1. The van der Waals surface area contributed by atoms with Gasteiger partial charge in [0.1, 0.15) is 18.1 Å². The third-order valence-corrected chi connectivity index (χ3v) is 5.56. The summed E-state index contributed by atoms with van der Waals surface area (Å²) >= 11 is 3.97. The first-order valence-electron chi connectivity index (χ1n) is 11.1. The topological polar surface area (TPSA) is 252 Å². The number of carboxylic acid groups (broad SMARTS) is 2. The molecule has 0 fully saturated rings. The number of carboxylic acids is 2. The van der Waals surface area contributed by atoms with E-state index in [9.17, 15) is 29.1 Å². The predicted molar refractivity (Wildman–Crippen MR) is 131 cm³/mol. The van der Waals surface area contributed by atoms with Gasteiger partial charge < -0.3 is 43.4 Å². The zero-order chi connectivity index (χ0) is 27.1. The van der Waals surface area contributed by atoms with Gasteiger partial charge in [0.25, 0.3) is 0 Å². The minimum absolute atomic E-state index is 0.0407. The maximum Gasteiger partial charge on any atom is 0.326 e. The van der Waals surface area contributed by atoms with Gasteiger partial charge in [0.2, 0.25) is 17.7 Å². The first-order valence-corrected chi connectivity index (χ1v) is 11.7. The lowest BCUT2D eigenvalue weighted by molar-refractivity contribution is -0.143. The third kappa shape index (κ3) is 12.8. The van der Waals surface area contributed by atoms with Crippen LogP contribution in [0.4, 0.5) is 0 Å². The van der Waals surface area contributed by atoms with Crippen LogP contribution >= 0.6 is 12.6 Å². The summed E-state index contributed by atoms with van der Waals surface area (Å²) in [7, 11) is 0. The molecule has 0 aliphatic rings. The first kappa shape index (κ1) is 31.9. The summed E-state index contributed by atoms with van der Waals surface area (Å²) < 4.78 is 0. The van der Waals surface area contributed by atoms with E-state index in [2.05, 4.69) is 33.6 Å². The number of hydrogen-bond acceptors (Lipinski definition) is 8. The van der Waals surface area contributed by atoms with E-state index < -0.39 is 66.2 Å². The SMILES string of the molecule is CCC(C)C(NC(=O)C(CCCN=C(N)N)NC(=O)C(N)CS)C(=O)NC(CCC(=O)O)C(=O)O. The summed E-state index contributed by atoms with van der Waals surface area (Å²) in [4.78, 5) is 64.3. The maximum atomic E-state index is 13.0. The fraction of sp³-hybridized carbons (Fsp3) is 0.700. The van der Waals surface area contributed by atoms with Crippen molar-refractivity contribution in [3.05, 3.63) is 0 Å². The summed E-state index contributed by atoms with van der Waals surface area (Å²) in [5.41, 5.74) is 16.3. The number of nitrogens with two attached hydrogens (primary N) is 3. The van der Waals surface area contributed by atoms with Gasteiger partial charge in [-0.3, -0.25) is 24.2 Å². The fourth-order valence-electron chi connectivity index (χ4n) is 2.88. The van der Waals surface area contributed by atoms with E-state index in [0.29, 0.717) is 12.8 Å². The van der Waals surface area contributed by atoms with E-state index in [1.807, 2.05) is 0 Å². The summed E-state index contributed by atoms with van der Waals surface area (Å²) in [6.07, 6.45) is 0.106. The number of hydrogen-bond donors (Lipinski definition) is 9. The van der Waals surface area contributed by atoms with Crippen LogP contribution in [-0.2, 0) is 24.0 Å². The van der Waals surface area contributed by atoms with Gasteiger partial charge in [0.15, 0.2) is 5.96 Å². The number of rotatable bonds is 17. The Morgan fingerprint density at radius 1 is 0.943 bits per heavy atom. The zero-order valence-electron chi connectivity index (χ0n) is 19.9. The molecule has 15 heteroatoms. The summed E-state index contributed by atoms with van der Waals surface area (Å²) in [6, 6.07) is -4.64. The van der Waals surface area contributed by atoms with Gasteiger partial charge in [-0.25, -0.2) is 4.79 Å². The van der Waals surface area contributed by atoms with Crippen LogP contribution in [-0.4, -0.2) is 82.3 Å². The van der Waals surface area contributed by atoms with Gasteiger partial charge in [-0.1, -0.05) is 20.3 Å². The minimum Gasteiger partial charge on any atom is -0.481 e. The van der Waals surface area contributed by atoms with E-state index in [-0.39, 0.29) is 31.1 Å². The molecule has 0 aliphatic carbocycles. The van der Waals surface area contributed by atoms with Gasteiger partial charge in [-0.15, -0.1) is 0 Å². The highest BCUT2D eigenvalue weighted by molar-refractivity contribution is 7.80. The molecule has 0 aromatic heterocycles. The summed E-state index contributed by atoms with van der Waals surface area (Å²) in [5, 5.41) is 25.5. The fourth-order valence-corrected chi connectivity index (χ4v) is 3.04. The second kappa shape index (κ2) is 16.5. The Hall–Kier alpha value is -3.07. The van der Waals surface area contributed by atoms with Crippen LogP contribution in [0.15, 0.2) is 4.99 Å². The highest BCUT2D eigenvalue weighted by Gasteiger charge is 2.32. The Bertz CT molecular complexity index is 777. The molecule has 3 amide bonds. The molecule has 0 rings (SSSR count). The van der Waals surface area contributed by atoms with Crippen LogP contribution in [0, 0.1) is 5.92 Å². The molecule has 0 bridgehead atoms. The Morgan fingerprint density at radius 2 is 1.54 bits per heavy atom. The normalized spacial score (nSPS) is 15.0. The zero-order valence-corrected chi connectivity index (χ0v) is 20.8. The second-order valence-corrected chi connectivity index (χ2v) is 8.37. The van der Waals surface area contributed by atoms with Gasteiger partial charge in [0.05, 0.1) is 6.04 Å². The van der Waals surface area contributed by atoms with Crippen LogP contribution < -0.4 is 33.2 Å². The molecule has 0 spiro atoms. The lowest BCUT2D eigenvalue weighted by Gasteiger charge is -2.28. The third-order valence-electron chi connectivity index (χ3n) is 5.17. The molecular weight excluding hydrogens is 482 g/mol.